The Bertz CT molecular complexity index is 377. The Morgan fingerprint density at radius 1 is 1.39 bits per heavy atom. The molecule has 3 nitrogen and oxygen atoms in total. The van der Waals surface area contributed by atoms with Crippen molar-refractivity contribution in [1.29, 1.82) is 0 Å². The number of nitrogens with two attached hydrogens (primary N) is 1. The molecule has 1 heterocycles. The van der Waals surface area contributed by atoms with Crippen LogP contribution < -0.4 is 11.1 Å². The van der Waals surface area contributed by atoms with E-state index in [0.29, 0.717) is 12.3 Å². The topological polar surface area (TPSA) is 50.9 Å². The maximum absolute atomic E-state index is 12.8. The molecule has 0 bridgehead atoms. The van der Waals surface area contributed by atoms with Crippen molar-refractivity contribution in [3.63, 3.8) is 0 Å². The van der Waals surface area contributed by atoms with Crippen LogP contribution in [0.1, 0.15) is 25.8 Å². The van der Waals surface area contributed by atoms with Crippen LogP contribution in [0.25, 0.3) is 0 Å². The van der Waals surface area contributed by atoms with E-state index in [2.05, 4.69) is 10.3 Å². The Balaban J connectivity index is 2.89. The van der Waals surface area contributed by atoms with Gasteiger partial charge in [-0.1, -0.05) is 13.8 Å². The number of nitrogens with zero attached hydrogens (tertiary/aromatic N) is 1. The molecule has 1 atom stereocenters. The summed E-state index contributed by atoms with van der Waals surface area (Å²) in [7, 11) is 0. The lowest BCUT2D eigenvalue weighted by atomic mass is 10.0. The fourth-order valence-corrected chi connectivity index (χ4v) is 1.73. The summed E-state index contributed by atoms with van der Waals surface area (Å²) in [4.78, 5) is 3.75. The maximum Gasteiger partial charge on any atom is 0.419 e. The molecule has 0 aliphatic rings. The van der Waals surface area contributed by atoms with E-state index in [9.17, 15) is 13.2 Å². The van der Waals surface area contributed by atoms with Gasteiger partial charge in [0.15, 0.2) is 0 Å². The van der Waals surface area contributed by atoms with E-state index in [1.54, 1.807) is 0 Å². The molecule has 0 amide bonds. The highest BCUT2D eigenvalue weighted by Gasteiger charge is 2.34. The molecular formula is C12H18F3N3. The third kappa shape index (κ3) is 4.18. The number of hydrogen-bond acceptors (Lipinski definition) is 3. The third-order valence-electron chi connectivity index (χ3n) is 2.49. The van der Waals surface area contributed by atoms with Gasteiger partial charge in [0.25, 0.3) is 0 Å². The van der Waals surface area contributed by atoms with Crippen LogP contribution in [-0.2, 0) is 6.18 Å². The van der Waals surface area contributed by atoms with Crippen molar-refractivity contribution in [3.8, 4) is 0 Å². The van der Waals surface area contributed by atoms with Crippen molar-refractivity contribution >= 4 is 5.82 Å². The SMILES string of the molecule is CC(C)CC(CN)Nc1ncccc1C(F)(F)F. The lowest BCUT2D eigenvalue weighted by Gasteiger charge is -2.21. The number of halogens is 3. The Hall–Kier alpha value is -1.30. The second kappa shape index (κ2) is 6.04. The van der Waals surface area contributed by atoms with Crippen molar-refractivity contribution in [1.82, 2.24) is 4.98 Å². The van der Waals surface area contributed by atoms with Crippen LogP contribution in [0.3, 0.4) is 0 Å². The van der Waals surface area contributed by atoms with Gasteiger partial charge in [-0.25, -0.2) is 4.98 Å². The van der Waals surface area contributed by atoms with Crippen LogP contribution in [0.5, 0.6) is 0 Å². The molecular weight excluding hydrogens is 243 g/mol. The minimum atomic E-state index is -4.41. The van der Waals surface area contributed by atoms with Gasteiger partial charge < -0.3 is 11.1 Å². The van der Waals surface area contributed by atoms with Gasteiger partial charge in [-0.05, 0) is 24.5 Å². The van der Waals surface area contributed by atoms with E-state index in [1.807, 2.05) is 13.8 Å². The van der Waals surface area contributed by atoms with Crippen molar-refractivity contribution in [2.75, 3.05) is 11.9 Å². The first-order chi connectivity index (χ1) is 8.34. The summed E-state index contributed by atoms with van der Waals surface area (Å²) in [5, 5.41) is 2.78. The summed E-state index contributed by atoms with van der Waals surface area (Å²) in [6, 6.07) is 2.08. The zero-order valence-corrected chi connectivity index (χ0v) is 10.5. The Morgan fingerprint density at radius 2 is 2.06 bits per heavy atom. The first kappa shape index (κ1) is 14.8. The Morgan fingerprint density at radius 3 is 2.56 bits per heavy atom. The molecule has 0 saturated carbocycles. The number of hydrogen-bond donors (Lipinski definition) is 2. The molecule has 102 valence electrons. The fourth-order valence-electron chi connectivity index (χ4n) is 1.73. The quantitative estimate of drug-likeness (QED) is 0.857. The predicted octanol–water partition coefficient (Wildman–Crippen LogP) is 2.89. The average Bonchev–Trinajstić information content (AvgIpc) is 2.26. The normalized spacial score (nSPS) is 13.7. The molecule has 0 fully saturated rings. The minimum absolute atomic E-state index is 0.152. The van der Waals surface area contributed by atoms with Crippen molar-refractivity contribution in [2.45, 2.75) is 32.5 Å². The van der Waals surface area contributed by atoms with E-state index in [-0.39, 0.29) is 18.4 Å². The highest BCUT2D eigenvalue weighted by molar-refractivity contribution is 5.46. The number of anilines is 1. The second-order valence-corrected chi connectivity index (χ2v) is 4.60. The van der Waals surface area contributed by atoms with Crippen LogP contribution in [-0.4, -0.2) is 17.6 Å². The number of rotatable bonds is 5. The highest BCUT2D eigenvalue weighted by Crippen LogP contribution is 2.33. The molecule has 1 aromatic rings. The van der Waals surface area contributed by atoms with Crippen LogP contribution in [0.2, 0.25) is 0 Å². The summed E-state index contributed by atoms with van der Waals surface area (Å²) < 4.78 is 38.3. The fraction of sp³-hybridized carbons (Fsp3) is 0.583. The van der Waals surface area contributed by atoms with Gasteiger partial charge in [0, 0.05) is 18.8 Å². The van der Waals surface area contributed by atoms with Gasteiger partial charge in [-0.2, -0.15) is 13.2 Å². The largest absolute Gasteiger partial charge is 0.419 e. The van der Waals surface area contributed by atoms with E-state index in [4.69, 9.17) is 5.73 Å². The van der Waals surface area contributed by atoms with Crippen molar-refractivity contribution in [2.24, 2.45) is 11.7 Å². The summed E-state index contributed by atoms with van der Waals surface area (Å²) >= 11 is 0. The lowest BCUT2D eigenvalue weighted by Crippen LogP contribution is -2.31. The molecule has 0 radical (unpaired) electrons. The summed E-state index contributed by atoms with van der Waals surface area (Å²) in [5.74, 6) is 0.199. The van der Waals surface area contributed by atoms with E-state index < -0.39 is 11.7 Å². The Kier molecular flexibility index (Phi) is 4.95. The molecule has 0 spiro atoms. The third-order valence-corrected chi connectivity index (χ3v) is 2.49. The zero-order chi connectivity index (χ0) is 13.8. The second-order valence-electron chi connectivity index (χ2n) is 4.60. The molecule has 1 rings (SSSR count). The van der Waals surface area contributed by atoms with Crippen LogP contribution in [0, 0.1) is 5.92 Å². The summed E-state index contributed by atoms with van der Waals surface area (Å²) in [6.07, 6.45) is -2.38. The summed E-state index contributed by atoms with van der Waals surface area (Å²) in [5.41, 5.74) is 4.80. The molecule has 0 aliphatic heterocycles. The number of aromatic nitrogens is 1. The zero-order valence-electron chi connectivity index (χ0n) is 10.5. The number of alkyl halides is 3. The van der Waals surface area contributed by atoms with Gasteiger partial charge in [0.2, 0.25) is 0 Å². The lowest BCUT2D eigenvalue weighted by molar-refractivity contribution is -0.137. The highest BCUT2D eigenvalue weighted by atomic mass is 19.4. The molecule has 1 aromatic heterocycles. The van der Waals surface area contributed by atoms with Crippen LogP contribution in [0.4, 0.5) is 19.0 Å². The van der Waals surface area contributed by atoms with Gasteiger partial charge in [-0.3, -0.25) is 0 Å². The van der Waals surface area contributed by atoms with Gasteiger partial charge in [-0.15, -0.1) is 0 Å². The van der Waals surface area contributed by atoms with Crippen molar-refractivity contribution in [3.05, 3.63) is 23.9 Å². The molecule has 0 saturated heterocycles. The van der Waals surface area contributed by atoms with E-state index in [0.717, 1.165) is 6.07 Å². The smallest absolute Gasteiger partial charge is 0.366 e. The number of nitrogens with one attached hydrogen (secondary N) is 1. The first-order valence-corrected chi connectivity index (χ1v) is 5.83. The predicted molar refractivity (Wildman–Crippen MR) is 65.2 cm³/mol. The Labute approximate surface area is 105 Å². The van der Waals surface area contributed by atoms with Crippen LogP contribution >= 0.6 is 0 Å². The standard InChI is InChI=1S/C12H18F3N3/c1-8(2)6-9(7-16)18-11-10(12(13,14)15)4-3-5-17-11/h3-5,8-9H,6-7,16H2,1-2H3,(H,17,18). The van der Waals surface area contributed by atoms with Gasteiger partial charge in [0.1, 0.15) is 5.82 Å². The van der Waals surface area contributed by atoms with Gasteiger partial charge >= 0.3 is 6.18 Å². The molecule has 6 heteroatoms. The molecule has 18 heavy (non-hydrogen) atoms. The first-order valence-electron chi connectivity index (χ1n) is 5.83. The van der Waals surface area contributed by atoms with E-state index in [1.165, 1.54) is 12.3 Å². The molecule has 3 N–H and O–H groups in total. The van der Waals surface area contributed by atoms with E-state index >= 15 is 0 Å². The number of pyridine rings is 1. The maximum atomic E-state index is 12.8. The molecule has 0 aliphatic carbocycles. The summed E-state index contributed by atoms with van der Waals surface area (Å²) in [6.45, 7) is 4.26. The van der Waals surface area contributed by atoms with Crippen LogP contribution in [0.15, 0.2) is 18.3 Å². The molecule has 1 unspecified atom stereocenters. The molecule has 0 aromatic carbocycles. The monoisotopic (exact) mass is 261 g/mol. The average molecular weight is 261 g/mol. The van der Waals surface area contributed by atoms with Crippen molar-refractivity contribution < 1.29 is 13.2 Å². The minimum Gasteiger partial charge on any atom is -0.366 e. The van der Waals surface area contributed by atoms with Gasteiger partial charge in [0.05, 0.1) is 5.56 Å².